The molecule has 2 aliphatic carbocycles. The number of nitrogens with two attached hydrogens (primary N) is 2. The van der Waals surface area contributed by atoms with Crippen LogP contribution in [0, 0.1) is 43.1 Å². The topological polar surface area (TPSA) is 232 Å². The molecule has 0 unspecified atom stereocenters. The Kier molecular flexibility index (Phi) is 14.4. The van der Waals surface area contributed by atoms with Crippen LogP contribution in [0.1, 0.15) is 90.4 Å². The highest BCUT2D eigenvalue weighted by atomic mass is 19.2. The molecule has 8 rings (SSSR count). The Bertz CT molecular complexity index is 2810. The summed E-state index contributed by atoms with van der Waals surface area (Å²) in [6, 6.07) is 1.66. The number of nitrogens with one attached hydrogen (secondary N) is 3. The van der Waals surface area contributed by atoms with Gasteiger partial charge in [0.15, 0.2) is 11.6 Å². The minimum atomic E-state index is -1.31. The highest BCUT2D eigenvalue weighted by Crippen LogP contribution is 2.40. The lowest BCUT2D eigenvalue weighted by Gasteiger charge is -2.24. The van der Waals surface area contributed by atoms with Gasteiger partial charge in [-0.15, -0.1) is 0 Å². The van der Waals surface area contributed by atoms with Crippen molar-refractivity contribution in [3.05, 3.63) is 82.4 Å². The highest BCUT2D eigenvalue weighted by molar-refractivity contribution is 5.87. The lowest BCUT2D eigenvalue weighted by atomic mass is 10.1. The molecule has 2 saturated heterocycles. The molecule has 4 heterocycles. The zero-order valence-electron chi connectivity index (χ0n) is 38.7. The van der Waals surface area contributed by atoms with E-state index in [1.807, 2.05) is 0 Å². The molecule has 2 aromatic heterocycles. The lowest BCUT2D eigenvalue weighted by Crippen LogP contribution is -2.44. The maximum Gasteiger partial charge on any atom is 0.407 e. The molecular formula is C44H59F5N10O8. The monoisotopic (exact) mass is 950 g/mol. The summed E-state index contributed by atoms with van der Waals surface area (Å²) in [5.41, 5.74) is -3.17. The van der Waals surface area contributed by atoms with Crippen molar-refractivity contribution in [3.8, 4) is 0 Å². The Labute approximate surface area is 381 Å². The maximum atomic E-state index is 15.2. The minimum absolute atomic E-state index is 0.0156. The molecule has 4 aliphatic rings. The number of aromatic nitrogens is 4. The average Bonchev–Trinajstić information content (AvgIpc) is 4.17. The minimum Gasteiger partial charge on any atom is -0.444 e. The molecule has 23 heteroatoms. The van der Waals surface area contributed by atoms with Gasteiger partial charge in [0.25, 0.3) is 11.1 Å². The molecule has 4 aromatic rings. The molecule has 7 N–H and O–H groups in total. The van der Waals surface area contributed by atoms with Crippen molar-refractivity contribution in [1.82, 2.24) is 34.4 Å². The number of benzene rings is 2. The third kappa shape index (κ3) is 11.2. The second-order valence-corrected chi connectivity index (χ2v) is 19.4. The molecule has 2 aromatic carbocycles. The first-order valence-corrected chi connectivity index (χ1v) is 22.0. The summed E-state index contributed by atoms with van der Waals surface area (Å²) < 4.78 is 84.1. The SMILES string of the molecule is CC(C)(C)OC(=O)NC[C@H]1CNC[C@@H]1F.Cc1c(F)c(F)cc2c(=O)n(N)c(=O)n(C3CC3)c12.Cc1c(N2C[C@H](CNC(=O)OC(C)(C)C)[C@@H](F)C2)c(F)cc2c(=O)n(N)c(=O)n(C3CC3)c12. The first kappa shape index (κ1) is 50.3. The molecule has 2 aliphatic heterocycles. The number of hydrogen-bond donors (Lipinski definition) is 5. The molecule has 18 nitrogen and oxygen atoms in total. The van der Waals surface area contributed by atoms with Crippen molar-refractivity contribution in [1.29, 1.82) is 0 Å². The van der Waals surface area contributed by atoms with Crippen LogP contribution in [-0.4, -0.2) is 93.5 Å². The number of hydrogen-bond acceptors (Lipinski definition) is 12. The van der Waals surface area contributed by atoms with Crippen molar-refractivity contribution in [2.75, 3.05) is 55.9 Å². The number of amides is 2. The fourth-order valence-electron chi connectivity index (χ4n) is 8.20. The number of rotatable bonds is 7. The second-order valence-electron chi connectivity index (χ2n) is 19.4. The molecule has 0 radical (unpaired) electrons. The zero-order chi connectivity index (χ0) is 49.6. The average molecular weight is 951 g/mol. The van der Waals surface area contributed by atoms with E-state index in [-0.39, 0.29) is 65.2 Å². The van der Waals surface area contributed by atoms with E-state index >= 15 is 4.39 Å². The van der Waals surface area contributed by atoms with Crippen LogP contribution < -0.4 is 55.0 Å². The van der Waals surface area contributed by atoms with Crippen LogP contribution in [0.3, 0.4) is 0 Å². The Morgan fingerprint density at radius 2 is 1.13 bits per heavy atom. The van der Waals surface area contributed by atoms with Crippen LogP contribution >= 0.6 is 0 Å². The van der Waals surface area contributed by atoms with E-state index in [1.165, 1.54) is 16.1 Å². The van der Waals surface area contributed by atoms with Crippen LogP contribution in [0.5, 0.6) is 0 Å². The second kappa shape index (κ2) is 19.2. The van der Waals surface area contributed by atoms with Gasteiger partial charge in [-0.05, 0) is 93.2 Å². The van der Waals surface area contributed by atoms with Crippen LogP contribution in [0.4, 0.5) is 37.2 Å². The normalized spacial score (nSPS) is 20.5. The van der Waals surface area contributed by atoms with Gasteiger partial charge < -0.3 is 42.0 Å². The van der Waals surface area contributed by atoms with Gasteiger partial charge in [0.1, 0.15) is 29.4 Å². The molecule has 2 saturated carbocycles. The number of fused-ring (bicyclic) bond motifs is 2. The smallest absolute Gasteiger partial charge is 0.407 e. The number of carbonyl (C=O) groups excluding carboxylic acids is 2. The summed E-state index contributed by atoms with van der Waals surface area (Å²) in [5.74, 6) is 7.49. The van der Waals surface area contributed by atoms with Crippen LogP contribution in [0.15, 0.2) is 31.3 Å². The van der Waals surface area contributed by atoms with E-state index in [1.54, 1.807) is 53.4 Å². The van der Waals surface area contributed by atoms with Crippen LogP contribution in [0.2, 0.25) is 0 Å². The standard InChI is InChI=1S/C22H29F2N5O4.C12H11F2N3O2.C10H19FN2O2/c1-11-17-14(19(30)29(25)21(32)28(17)13-5-6-13)7-15(23)18(11)27-9-12(16(24)10-27)8-26-20(31)33-22(2,3)4;1-5-9(14)8(13)4-7-10(5)16(6-2-3-6)12(19)17(15)11(7)18;1-10(2,3)15-9(14)13-5-7-4-12-6-8(7)11/h7,12-13,16H,5-6,8-10,25H2,1-4H3,(H,26,31);4,6H,2-3,15H2,1H3;7-8,12H,4-6H2,1-3H3,(H,13,14)/t12-,16-;;7-,8+/m0.1/s1. The van der Waals surface area contributed by atoms with E-state index in [2.05, 4.69) is 16.0 Å². The molecule has 0 bridgehead atoms. The number of carbonyl (C=O) groups is 2. The predicted molar refractivity (Wildman–Crippen MR) is 241 cm³/mol. The van der Waals surface area contributed by atoms with Gasteiger partial charge in [0.2, 0.25) is 0 Å². The summed E-state index contributed by atoms with van der Waals surface area (Å²) >= 11 is 0. The summed E-state index contributed by atoms with van der Waals surface area (Å²) in [4.78, 5) is 73.9. The molecular weight excluding hydrogens is 892 g/mol. The number of anilines is 1. The summed E-state index contributed by atoms with van der Waals surface area (Å²) in [6.07, 6.45) is -0.286. The van der Waals surface area contributed by atoms with Crippen molar-refractivity contribution in [2.24, 2.45) is 11.8 Å². The van der Waals surface area contributed by atoms with E-state index in [0.29, 0.717) is 40.1 Å². The van der Waals surface area contributed by atoms with E-state index in [4.69, 9.17) is 21.2 Å². The molecule has 67 heavy (non-hydrogen) atoms. The van der Waals surface area contributed by atoms with Crippen LogP contribution in [0.25, 0.3) is 21.8 Å². The summed E-state index contributed by atoms with van der Waals surface area (Å²) in [5, 5.41) is 8.01. The summed E-state index contributed by atoms with van der Waals surface area (Å²) in [7, 11) is 0. The third-order valence-electron chi connectivity index (χ3n) is 11.7. The molecule has 2 amide bonds. The number of halogens is 5. The lowest BCUT2D eigenvalue weighted by molar-refractivity contribution is 0.0503. The number of alkyl halides is 2. The Balaban J connectivity index is 0.000000184. The van der Waals surface area contributed by atoms with Crippen molar-refractivity contribution >= 4 is 39.7 Å². The van der Waals surface area contributed by atoms with Crippen molar-refractivity contribution in [2.45, 2.75) is 117 Å². The number of aryl methyl sites for hydroxylation is 2. The molecule has 368 valence electrons. The van der Waals surface area contributed by atoms with Gasteiger partial charge in [-0.25, -0.2) is 41.1 Å². The van der Waals surface area contributed by atoms with Gasteiger partial charge >= 0.3 is 23.6 Å². The highest BCUT2D eigenvalue weighted by Gasteiger charge is 2.37. The number of nitrogen functional groups attached to an aromatic ring is 2. The van der Waals surface area contributed by atoms with Gasteiger partial charge in [-0.1, -0.05) is 0 Å². The van der Waals surface area contributed by atoms with E-state index < -0.39 is 81.6 Å². The molecule has 4 fully saturated rings. The van der Waals surface area contributed by atoms with Crippen LogP contribution in [-0.2, 0) is 9.47 Å². The predicted octanol–water partition coefficient (Wildman–Crippen LogP) is 3.83. The van der Waals surface area contributed by atoms with Gasteiger partial charge in [0.05, 0.1) is 27.5 Å². The number of alkyl carbamates (subject to hydrolysis) is 2. The van der Waals surface area contributed by atoms with Crippen molar-refractivity contribution < 1.29 is 41.0 Å². The molecule has 0 spiro atoms. The van der Waals surface area contributed by atoms with E-state index in [0.717, 1.165) is 37.8 Å². The fourth-order valence-corrected chi connectivity index (χ4v) is 8.20. The third-order valence-corrected chi connectivity index (χ3v) is 11.7. The largest absolute Gasteiger partial charge is 0.444 e. The zero-order valence-corrected chi connectivity index (χ0v) is 38.7. The quantitative estimate of drug-likeness (QED) is 0.132. The Morgan fingerprint density at radius 3 is 1.57 bits per heavy atom. The number of nitrogens with zero attached hydrogens (tertiary/aromatic N) is 5. The van der Waals surface area contributed by atoms with E-state index in [9.17, 15) is 46.3 Å². The first-order valence-electron chi connectivity index (χ1n) is 22.0. The Hall–Kier alpha value is -6.13. The molecule has 4 atom stereocenters. The van der Waals surface area contributed by atoms with Gasteiger partial charge in [-0.3, -0.25) is 18.7 Å². The van der Waals surface area contributed by atoms with Gasteiger partial charge in [0, 0.05) is 74.3 Å². The Morgan fingerprint density at radius 1 is 0.687 bits per heavy atom. The van der Waals surface area contributed by atoms with Gasteiger partial charge in [-0.2, -0.15) is 9.35 Å². The summed E-state index contributed by atoms with van der Waals surface area (Å²) in [6.45, 7) is 15.0. The number of ether oxygens (including phenoxy) is 2. The maximum absolute atomic E-state index is 15.2. The fraction of sp³-hybridized carbons (Fsp3) is 0.591. The van der Waals surface area contributed by atoms with Crippen molar-refractivity contribution in [3.63, 3.8) is 0 Å². The first-order chi connectivity index (χ1) is 31.2.